The second kappa shape index (κ2) is 6.98. The van der Waals surface area contributed by atoms with Crippen LogP contribution in [-0.4, -0.2) is 11.7 Å². The summed E-state index contributed by atoms with van der Waals surface area (Å²) in [5, 5.41) is 2.35. The SMILES string of the molecule is CC(C)(C)OC(=O)N(Cc1ccc2ccccc2c1)c1ccccc1. The Hall–Kier alpha value is -2.81. The average molecular weight is 333 g/mol. The van der Waals surface area contributed by atoms with Gasteiger partial charge in [0, 0.05) is 5.69 Å². The van der Waals surface area contributed by atoms with Gasteiger partial charge in [-0.2, -0.15) is 0 Å². The molecular weight excluding hydrogens is 310 g/mol. The minimum atomic E-state index is -0.534. The molecule has 3 rings (SSSR count). The van der Waals surface area contributed by atoms with Crippen molar-refractivity contribution in [1.82, 2.24) is 0 Å². The molecule has 3 aromatic carbocycles. The van der Waals surface area contributed by atoms with Gasteiger partial charge in [0.1, 0.15) is 5.60 Å². The molecule has 0 spiro atoms. The molecule has 0 atom stereocenters. The molecule has 0 aliphatic carbocycles. The number of rotatable bonds is 3. The van der Waals surface area contributed by atoms with Crippen molar-refractivity contribution < 1.29 is 9.53 Å². The smallest absolute Gasteiger partial charge is 0.415 e. The standard InChI is InChI=1S/C22H23NO2/c1-22(2,3)25-21(24)23(20-11-5-4-6-12-20)16-17-13-14-18-9-7-8-10-19(18)15-17/h4-15H,16H2,1-3H3. The topological polar surface area (TPSA) is 29.5 Å². The fourth-order valence-electron chi connectivity index (χ4n) is 2.71. The van der Waals surface area contributed by atoms with E-state index in [1.807, 2.05) is 63.2 Å². The first kappa shape index (κ1) is 17.0. The third kappa shape index (κ3) is 4.38. The number of hydrogen-bond donors (Lipinski definition) is 0. The van der Waals surface area contributed by atoms with Crippen molar-refractivity contribution in [2.45, 2.75) is 32.9 Å². The highest BCUT2D eigenvalue weighted by molar-refractivity contribution is 5.88. The molecule has 0 aliphatic heterocycles. The Morgan fingerprint density at radius 1 is 0.880 bits per heavy atom. The number of carbonyl (C=O) groups is 1. The molecule has 3 aromatic rings. The Bertz CT molecular complexity index is 866. The van der Waals surface area contributed by atoms with Gasteiger partial charge in [0.05, 0.1) is 6.54 Å². The third-order valence-corrected chi connectivity index (χ3v) is 3.84. The summed E-state index contributed by atoms with van der Waals surface area (Å²) in [6.45, 7) is 6.10. The monoisotopic (exact) mass is 333 g/mol. The fraction of sp³-hybridized carbons (Fsp3) is 0.227. The van der Waals surface area contributed by atoms with Gasteiger partial charge in [-0.3, -0.25) is 4.90 Å². The zero-order chi connectivity index (χ0) is 17.9. The molecule has 3 heteroatoms. The Balaban J connectivity index is 1.92. The first-order chi connectivity index (χ1) is 11.9. The largest absolute Gasteiger partial charge is 0.443 e. The molecular formula is C22H23NO2. The van der Waals surface area contributed by atoms with Crippen LogP contribution in [0.4, 0.5) is 10.5 Å². The molecule has 0 saturated carbocycles. The van der Waals surface area contributed by atoms with Crippen LogP contribution >= 0.6 is 0 Å². The number of para-hydroxylation sites is 1. The summed E-state index contributed by atoms with van der Waals surface area (Å²) < 4.78 is 5.60. The fourth-order valence-corrected chi connectivity index (χ4v) is 2.71. The van der Waals surface area contributed by atoms with E-state index in [0.29, 0.717) is 6.54 Å². The van der Waals surface area contributed by atoms with Gasteiger partial charge in [0.25, 0.3) is 0 Å². The minimum absolute atomic E-state index is 0.341. The number of hydrogen-bond acceptors (Lipinski definition) is 2. The molecule has 0 N–H and O–H groups in total. The second-order valence-corrected chi connectivity index (χ2v) is 7.08. The van der Waals surface area contributed by atoms with Gasteiger partial charge < -0.3 is 4.74 Å². The van der Waals surface area contributed by atoms with Crippen molar-refractivity contribution in [3.63, 3.8) is 0 Å². The van der Waals surface area contributed by atoms with Crippen molar-refractivity contribution in [2.24, 2.45) is 0 Å². The first-order valence-electron chi connectivity index (χ1n) is 8.46. The molecule has 0 aliphatic rings. The van der Waals surface area contributed by atoms with E-state index in [2.05, 4.69) is 30.3 Å². The van der Waals surface area contributed by atoms with E-state index < -0.39 is 5.60 Å². The molecule has 3 nitrogen and oxygen atoms in total. The number of amides is 1. The lowest BCUT2D eigenvalue weighted by molar-refractivity contribution is 0.0577. The maximum Gasteiger partial charge on any atom is 0.415 e. The Morgan fingerprint density at radius 2 is 1.52 bits per heavy atom. The van der Waals surface area contributed by atoms with Gasteiger partial charge in [-0.25, -0.2) is 4.79 Å². The summed E-state index contributed by atoms with van der Waals surface area (Å²) in [5.74, 6) is 0. The molecule has 0 aromatic heterocycles. The Labute approximate surface area is 148 Å². The molecule has 0 heterocycles. The van der Waals surface area contributed by atoms with E-state index in [1.165, 1.54) is 5.39 Å². The minimum Gasteiger partial charge on any atom is -0.443 e. The van der Waals surface area contributed by atoms with Crippen LogP contribution in [0.2, 0.25) is 0 Å². The number of benzene rings is 3. The van der Waals surface area contributed by atoms with Gasteiger partial charge in [-0.15, -0.1) is 0 Å². The number of carbonyl (C=O) groups excluding carboxylic acids is 1. The van der Waals surface area contributed by atoms with E-state index in [1.54, 1.807) is 4.90 Å². The summed E-state index contributed by atoms with van der Waals surface area (Å²) in [6, 6.07) is 24.1. The molecule has 0 saturated heterocycles. The number of nitrogens with zero attached hydrogens (tertiary/aromatic N) is 1. The van der Waals surface area contributed by atoms with Crippen molar-refractivity contribution in [3.05, 3.63) is 78.4 Å². The highest BCUT2D eigenvalue weighted by Crippen LogP contribution is 2.22. The lowest BCUT2D eigenvalue weighted by Gasteiger charge is -2.27. The molecule has 0 unspecified atom stereocenters. The van der Waals surface area contributed by atoms with Gasteiger partial charge in [-0.05, 0) is 55.3 Å². The molecule has 0 bridgehead atoms. The summed E-state index contributed by atoms with van der Waals surface area (Å²) in [5.41, 5.74) is 1.35. The maximum absolute atomic E-state index is 12.7. The molecule has 128 valence electrons. The highest BCUT2D eigenvalue weighted by atomic mass is 16.6. The number of anilines is 1. The van der Waals surface area contributed by atoms with Crippen LogP contribution in [0, 0.1) is 0 Å². The van der Waals surface area contributed by atoms with E-state index in [-0.39, 0.29) is 6.09 Å². The Kier molecular flexibility index (Phi) is 4.75. The highest BCUT2D eigenvalue weighted by Gasteiger charge is 2.23. The van der Waals surface area contributed by atoms with Crippen LogP contribution in [0.15, 0.2) is 72.8 Å². The van der Waals surface area contributed by atoms with Crippen LogP contribution in [0.5, 0.6) is 0 Å². The van der Waals surface area contributed by atoms with Crippen LogP contribution in [0.1, 0.15) is 26.3 Å². The zero-order valence-electron chi connectivity index (χ0n) is 14.9. The Morgan fingerprint density at radius 3 is 2.20 bits per heavy atom. The predicted octanol–water partition coefficient (Wildman–Crippen LogP) is 5.78. The zero-order valence-corrected chi connectivity index (χ0v) is 14.9. The van der Waals surface area contributed by atoms with Gasteiger partial charge in [-0.1, -0.05) is 54.6 Å². The van der Waals surface area contributed by atoms with Crippen molar-refractivity contribution in [3.8, 4) is 0 Å². The maximum atomic E-state index is 12.7. The summed E-state index contributed by atoms with van der Waals surface area (Å²) in [6.07, 6.45) is -0.341. The summed E-state index contributed by atoms with van der Waals surface area (Å²) in [4.78, 5) is 14.4. The van der Waals surface area contributed by atoms with Crippen molar-refractivity contribution in [2.75, 3.05) is 4.90 Å². The number of ether oxygens (including phenoxy) is 1. The average Bonchev–Trinajstić information content (AvgIpc) is 2.58. The van der Waals surface area contributed by atoms with Crippen LogP contribution in [0.25, 0.3) is 10.8 Å². The molecule has 1 amide bonds. The molecule has 0 fully saturated rings. The van der Waals surface area contributed by atoms with Gasteiger partial charge in [0.2, 0.25) is 0 Å². The van der Waals surface area contributed by atoms with E-state index in [9.17, 15) is 4.79 Å². The van der Waals surface area contributed by atoms with E-state index in [0.717, 1.165) is 16.6 Å². The van der Waals surface area contributed by atoms with Crippen LogP contribution in [0.3, 0.4) is 0 Å². The third-order valence-electron chi connectivity index (χ3n) is 3.84. The summed E-state index contributed by atoms with van der Waals surface area (Å²) in [7, 11) is 0. The molecule has 0 radical (unpaired) electrons. The van der Waals surface area contributed by atoms with E-state index in [4.69, 9.17) is 4.74 Å². The second-order valence-electron chi connectivity index (χ2n) is 7.08. The quantitative estimate of drug-likeness (QED) is 0.608. The number of fused-ring (bicyclic) bond motifs is 1. The van der Waals surface area contributed by atoms with Gasteiger partial charge in [0.15, 0.2) is 0 Å². The first-order valence-corrected chi connectivity index (χ1v) is 8.46. The lowest BCUT2D eigenvalue weighted by Crippen LogP contribution is -2.36. The predicted molar refractivity (Wildman–Crippen MR) is 103 cm³/mol. The summed E-state index contributed by atoms with van der Waals surface area (Å²) >= 11 is 0. The van der Waals surface area contributed by atoms with Crippen LogP contribution in [-0.2, 0) is 11.3 Å². The van der Waals surface area contributed by atoms with Crippen molar-refractivity contribution >= 4 is 22.6 Å². The van der Waals surface area contributed by atoms with Gasteiger partial charge >= 0.3 is 6.09 Å². The van der Waals surface area contributed by atoms with Crippen LogP contribution < -0.4 is 4.90 Å². The molecule has 25 heavy (non-hydrogen) atoms. The van der Waals surface area contributed by atoms with Crippen molar-refractivity contribution in [1.29, 1.82) is 0 Å². The lowest BCUT2D eigenvalue weighted by atomic mass is 10.1. The van der Waals surface area contributed by atoms with E-state index >= 15 is 0 Å². The normalized spacial score (nSPS) is 11.3.